The molecule has 4 aromatic rings. The molecule has 2 aromatic heterocycles. The van der Waals surface area contributed by atoms with Crippen LogP contribution >= 0.6 is 11.6 Å². The highest BCUT2D eigenvalue weighted by Gasteiger charge is 2.34. The molecular formula is C24H20ClN3. The van der Waals surface area contributed by atoms with E-state index in [9.17, 15) is 0 Å². The molecule has 4 heteroatoms. The van der Waals surface area contributed by atoms with Crippen LogP contribution < -0.4 is 5.73 Å². The summed E-state index contributed by atoms with van der Waals surface area (Å²) in [6, 6.07) is 22.8. The number of nitrogens with two attached hydrogens (primary N) is 1. The van der Waals surface area contributed by atoms with Crippen LogP contribution in [-0.2, 0) is 5.54 Å². The van der Waals surface area contributed by atoms with E-state index in [1.807, 2.05) is 24.3 Å². The number of rotatable bonds is 3. The summed E-state index contributed by atoms with van der Waals surface area (Å²) >= 11 is 6.34. The monoisotopic (exact) mass is 385 g/mol. The van der Waals surface area contributed by atoms with E-state index in [1.54, 1.807) is 6.20 Å². The zero-order valence-corrected chi connectivity index (χ0v) is 16.2. The molecule has 3 nitrogen and oxygen atoms in total. The predicted octanol–water partition coefficient (Wildman–Crippen LogP) is 5.96. The maximum Gasteiger partial charge on any atom is 0.138 e. The van der Waals surface area contributed by atoms with E-state index in [4.69, 9.17) is 22.3 Å². The molecule has 2 heterocycles. The van der Waals surface area contributed by atoms with Crippen LogP contribution in [0.15, 0.2) is 72.9 Å². The van der Waals surface area contributed by atoms with E-state index in [-0.39, 0.29) is 5.54 Å². The first-order valence-electron chi connectivity index (χ1n) is 9.55. The fraction of sp³-hybridized carbons (Fsp3) is 0.167. The number of nitrogens with zero attached hydrogens (tertiary/aromatic N) is 2. The number of benzene rings is 2. The smallest absolute Gasteiger partial charge is 0.138 e. The van der Waals surface area contributed by atoms with Gasteiger partial charge in [-0.2, -0.15) is 0 Å². The number of hydrogen-bond acceptors (Lipinski definition) is 3. The average molecular weight is 386 g/mol. The van der Waals surface area contributed by atoms with Crippen molar-refractivity contribution < 1.29 is 0 Å². The van der Waals surface area contributed by atoms with Crippen LogP contribution in [0.2, 0.25) is 5.15 Å². The Balaban J connectivity index is 1.69. The average Bonchev–Trinajstić information content (AvgIpc) is 2.72. The molecule has 0 radical (unpaired) electrons. The van der Waals surface area contributed by atoms with Crippen molar-refractivity contribution in [1.82, 2.24) is 9.97 Å². The van der Waals surface area contributed by atoms with Crippen molar-refractivity contribution in [2.75, 3.05) is 0 Å². The van der Waals surface area contributed by atoms with E-state index in [1.165, 1.54) is 12.0 Å². The standard InChI is InChI=1S/C24H20ClN3/c25-23-20-15-19(16-5-2-1-3-6-16)22(28-21(20)11-14-27-23)17-7-9-18(10-8-17)24(26)12-4-13-24/h1-3,5-11,14-15H,4,12-13,26H2. The molecule has 2 aromatic carbocycles. The molecular weight excluding hydrogens is 366 g/mol. The van der Waals surface area contributed by atoms with Crippen molar-refractivity contribution in [2.24, 2.45) is 5.73 Å². The lowest BCUT2D eigenvalue weighted by Gasteiger charge is -2.38. The number of hydrogen-bond donors (Lipinski definition) is 1. The number of fused-ring (bicyclic) bond motifs is 1. The summed E-state index contributed by atoms with van der Waals surface area (Å²) in [5.74, 6) is 0. The topological polar surface area (TPSA) is 51.8 Å². The van der Waals surface area contributed by atoms with Crippen LogP contribution in [0.1, 0.15) is 24.8 Å². The molecule has 2 N–H and O–H groups in total. The minimum absolute atomic E-state index is 0.156. The lowest BCUT2D eigenvalue weighted by Crippen LogP contribution is -2.43. The van der Waals surface area contributed by atoms with E-state index >= 15 is 0 Å². The third-order valence-electron chi connectivity index (χ3n) is 5.76. The summed E-state index contributed by atoms with van der Waals surface area (Å²) in [5, 5.41) is 1.33. The minimum atomic E-state index is -0.156. The third-order valence-corrected chi connectivity index (χ3v) is 6.06. The zero-order valence-electron chi connectivity index (χ0n) is 15.4. The quantitative estimate of drug-likeness (QED) is 0.443. The Kier molecular flexibility index (Phi) is 4.15. The summed E-state index contributed by atoms with van der Waals surface area (Å²) in [4.78, 5) is 9.16. The second kappa shape index (κ2) is 6.69. The number of halogens is 1. The zero-order chi connectivity index (χ0) is 19.1. The first-order chi connectivity index (χ1) is 13.6. The second-order valence-corrected chi connectivity index (χ2v) is 7.86. The molecule has 1 saturated carbocycles. The Morgan fingerprint density at radius 2 is 1.64 bits per heavy atom. The van der Waals surface area contributed by atoms with E-state index in [2.05, 4.69) is 47.4 Å². The van der Waals surface area contributed by atoms with Crippen molar-refractivity contribution in [1.29, 1.82) is 0 Å². The number of aromatic nitrogens is 2. The van der Waals surface area contributed by atoms with Crippen LogP contribution in [0.25, 0.3) is 33.3 Å². The molecule has 0 bridgehead atoms. The fourth-order valence-electron chi connectivity index (χ4n) is 3.93. The fourth-order valence-corrected chi connectivity index (χ4v) is 4.13. The third kappa shape index (κ3) is 2.88. The second-order valence-electron chi connectivity index (χ2n) is 7.51. The summed E-state index contributed by atoms with van der Waals surface area (Å²) in [6.45, 7) is 0. The molecule has 138 valence electrons. The van der Waals surface area contributed by atoms with Gasteiger partial charge in [-0.15, -0.1) is 0 Å². The van der Waals surface area contributed by atoms with Crippen LogP contribution in [0, 0.1) is 0 Å². The van der Waals surface area contributed by atoms with Crippen molar-refractivity contribution >= 4 is 22.5 Å². The van der Waals surface area contributed by atoms with Crippen LogP contribution in [0.4, 0.5) is 0 Å². The van der Waals surface area contributed by atoms with Gasteiger partial charge in [-0.1, -0.05) is 66.2 Å². The molecule has 1 fully saturated rings. The Morgan fingerprint density at radius 1 is 0.893 bits per heavy atom. The highest BCUT2D eigenvalue weighted by Crippen LogP contribution is 2.40. The largest absolute Gasteiger partial charge is 0.321 e. The van der Waals surface area contributed by atoms with Gasteiger partial charge in [-0.25, -0.2) is 9.97 Å². The van der Waals surface area contributed by atoms with Gasteiger partial charge < -0.3 is 5.73 Å². The Hall–Kier alpha value is -2.75. The van der Waals surface area contributed by atoms with Crippen molar-refractivity contribution in [3.8, 4) is 22.4 Å². The predicted molar refractivity (Wildman–Crippen MR) is 115 cm³/mol. The molecule has 1 aliphatic carbocycles. The molecule has 0 spiro atoms. The lowest BCUT2D eigenvalue weighted by molar-refractivity contribution is 0.253. The summed E-state index contributed by atoms with van der Waals surface area (Å²) in [7, 11) is 0. The van der Waals surface area contributed by atoms with Gasteiger partial charge in [-0.3, -0.25) is 0 Å². The van der Waals surface area contributed by atoms with Gasteiger partial charge in [0.25, 0.3) is 0 Å². The van der Waals surface area contributed by atoms with Crippen molar-refractivity contribution in [3.05, 3.63) is 83.6 Å². The van der Waals surface area contributed by atoms with Gasteiger partial charge in [0.1, 0.15) is 5.15 Å². The maximum atomic E-state index is 6.49. The Labute approximate surface area is 169 Å². The van der Waals surface area contributed by atoms with Crippen LogP contribution in [0.3, 0.4) is 0 Å². The minimum Gasteiger partial charge on any atom is -0.321 e. The molecule has 0 amide bonds. The van der Waals surface area contributed by atoms with Crippen LogP contribution in [-0.4, -0.2) is 9.97 Å². The molecule has 0 aliphatic heterocycles. The van der Waals surface area contributed by atoms with E-state index in [0.717, 1.165) is 46.1 Å². The van der Waals surface area contributed by atoms with Gasteiger partial charge in [0.2, 0.25) is 0 Å². The molecule has 0 saturated heterocycles. The van der Waals surface area contributed by atoms with E-state index < -0.39 is 0 Å². The number of pyridine rings is 2. The molecule has 5 rings (SSSR count). The summed E-state index contributed by atoms with van der Waals surface area (Å²) in [6.07, 6.45) is 5.02. The molecule has 0 atom stereocenters. The van der Waals surface area contributed by atoms with E-state index in [0.29, 0.717) is 5.15 Å². The molecule has 28 heavy (non-hydrogen) atoms. The first kappa shape index (κ1) is 17.4. The molecule has 1 aliphatic rings. The van der Waals surface area contributed by atoms with Gasteiger partial charge in [0.15, 0.2) is 0 Å². The van der Waals surface area contributed by atoms with Gasteiger partial charge in [0, 0.05) is 28.2 Å². The Morgan fingerprint density at radius 3 is 2.32 bits per heavy atom. The van der Waals surface area contributed by atoms with Gasteiger partial charge in [-0.05, 0) is 42.5 Å². The normalized spacial score (nSPS) is 15.4. The molecule has 0 unspecified atom stereocenters. The van der Waals surface area contributed by atoms with Gasteiger partial charge >= 0.3 is 0 Å². The lowest BCUT2D eigenvalue weighted by atomic mass is 9.72. The van der Waals surface area contributed by atoms with Gasteiger partial charge in [0.05, 0.1) is 11.2 Å². The SMILES string of the molecule is NC1(c2ccc(-c3nc4ccnc(Cl)c4cc3-c3ccccc3)cc2)CCC1. The maximum absolute atomic E-state index is 6.49. The summed E-state index contributed by atoms with van der Waals surface area (Å²) < 4.78 is 0. The summed E-state index contributed by atoms with van der Waals surface area (Å²) in [5.41, 5.74) is 12.5. The van der Waals surface area contributed by atoms with Crippen molar-refractivity contribution in [2.45, 2.75) is 24.8 Å². The highest BCUT2D eigenvalue weighted by atomic mass is 35.5. The first-order valence-corrected chi connectivity index (χ1v) is 9.92. The van der Waals surface area contributed by atoms with Crippen LogP contribution in [0.5, 0.6) is 0 Å². The highest BCUT2D eigenvalue weighted by molar-refractivity contribution is 6.34. The Bertz CT molecular complexity index is 1150. The van der Waals surface area contributed by atoms with Crippen molar-refractivity contribution in [3.63, 3.8) is 0 Å².